The number of hydrogen-bond donors (Lipinski definition) is 4. The Labute approximate surface area is 209 Å². The molecule has 0 spiro atoms. The Bertz CT molecular complexity index is 604. The highest BCUT2D eigenvalue weighted by molar-refractivity contribution is 5.60. The molecule has 0 saturated heterocycles. The molecule has 198 valence electrons. The molecule has 0 amide bonds. The molecule has 0 aliphatic heterocycles. The predicted molar refractivity (Wildman–Crippen MR) is 144 cm³/mol. The molecule has 0 saturated carbocycles. The summed E-state index contributed by atoms with van der Waals surface area (Å²) < 4.78 is 5.92. The normalized spacial score (nSPS) is 16.1. The van der Waals surface area contributed by atoms with Gasteiger partial charge in [-0.25, -0.2) is 0 Å². The van der Waals surface area contributed by atoms with Gasteiger partial charge in [-0.2, -0.15) is 0 Å². The second-order valence-electron chi connectivity index (χ2n) is 9.15. The number of unbranched alkanes of at least 4 members (excludes halogenated alkanes) is 1. The maximum atomic E-state index is 12.0. The van der Waals surface area contributed by atoms with E-state index in [0.717, 1.165) is 55.4 Å². The monoisotopic (exact) mass is 479 g/mol. The molecule has 0 radical (unpaired) electrons. The van der Waals surface area contributed by atoms with Crippen LogP contribution in [0.1, 0.15) is 85.5 Å². The number of hydrogen-bond acceptors (Lipinski definition) is 6. The Kier molecular flexibility index (Phi) is 19.7. The van der Waals surface area contributed by atoms with Crippen LogP contribution in [0.2, 0.25) is 0 Å². The van der Waals surface area contributed by atoms with Crippen molar-refractivity contribution in [2.24, 2.45) is 17.6 Å². The maximum absolute atomic E-state index is 12.0. The Morgan fingerprint density at radius 3 is 2.38 bits per heavy atom. The largest absolute Gasteiger partial charge is 0.405 e. The first kappa shape index (κ1) is 32.4. The summed E-state index contributed by atoms with van der Waals surface area (Å²) in [6.07, 6.45) is 12.1. The number of carbonyl (C=O) groups excluding carboxylic acids is 1. The van der Waals surface area contributed by atoms with Gasteiger partial charge in [-0.15, -0.1) is 0 Å². The second kappa shape index (κ2) is 20.7. The average molecular weight is 480 g/mol. The molecule has 0 aromatic rings. The molecule has 5 N–H and O–H groups in total. The lowest BCUT2D eigenvalue weighted by molar-refractivity contribution is -0.110. The maximum Gasteiger partial charge on any atom is 0.127 e. The first-order chi connectivity index (χ1) is 16.4. The third-order valence-electron chi connectivity index (χ3n) is 6.53. The molecule has 6 nitrogen and oxygen atoms in total. The van der Waals surface area contributed by atoms with E-state index in [1.165, 1.54) is 25.5 Å². The predicted octanol–water partition coefficient (Wildman–Crippen LogP) is 4.85. The van der Waals surface area contributed by atoms with Crippen molar-refractivity contribution in [2.45, 2.75) is 97.6 Å². The minimum Gasteiger partial charge on any atom is -0.405 e. The Hall–Kier alpha value is -1.63. The molecule has 6 heteroatoms. The number of aliphatic hydroxyl groups is 1. The second-order valence-corrected chi connectivity index (χ2v) is 9.15. The number of nitrogens with one attached hydrogen (secondary N) is 2. The molecule has 4 atom stereocenters. The first-order valence-electron chi connectivity index (χ1n) is 13.4. The van der Waals surface area contributed by atoms with E-state index in [2.05, 4.69) is 38.0 Å². The summed E-state index contributed by atoms with van der Waals surface area (Å²) in [4.78, 5) is 12.0. The van der Waals surface area contributed by atoms with E-state index in [1.807, 2.05) is 14.0 Å². The number of aliphatic hydroxyl groups excluding tert-OH is 1. The van der Waals surface area contributed by atoms with Crippen molar-refractivity contribution in [1.82, 2.24) is 10.6 Å². The molecule has 0 rings (SSSR count). The van der Waals surface area contributed by atoms with Gasteiger partial charge in [-0.1, -0.05) is 60.0 Å². The van der Waals surface area contributed by atoms with Crippen molar-refractivity contribution < 1.29 is 14.6 Å². The fraction of sp³-hybridized carbons (Fsp3) is 0.750. The molecule has 0 aromatic heterocycles. The lowest BCUT2D eigenvalue weighted by Crippen LogP contribution is -2.32. The third kappa shape index (κ3) is 12.7. The van der Waals surface area contributed by atoms with Gasteiger partial charge in [0, 0.05) is 37.4 Å². The Morgan fingerprint density at radius 2 is 1.85 bits per heavy atom. The van der Waals surface area contributed by atoms with Gasteiger partial charge < -0.3 is 31.0 Å². The zero-order chi connectivity index (χ0) is 25.8. The van der Waals surface area contributed by atoms with Crippen molar-refractivity contribution in [3.05, 3.63) is 35.7 Å². The summed E-state index contributed by atoms with van der Waals surface area (Å²) in [5, 5.41) is 17.5. The van der Waals surface area contributed by atoms with Gasteiger partial charge in [0.05, 0.1) is 6.10 Å². The van der Waals surface area contributed by atoms with E-state index >= 15 is 0 Å². The fourth-order valence-corrected chi connectivity index (χ4v) is 4.16. The van der Waals surface area contributed by atoms with Gasteiger partial charge in [0.15, 0.2) is 0 Å². The van der Waals surface area contributed by atoms with Crippen molar-refractivity contribution in [2.75, 3.05) is 26.8 Å². The Morgan fingerprint density at radius 1 is 1.12 bits per heavy atom. The lowest BCUT2D eigenvalue weighted by atomic mass is 9.85. The number of ether oxygens (including phenoxy) is 1. The van der Waals surface area contributed by atoms with Gasteiger partial charge in [-0.3, -0.25) is 0 Å². The molecule has 34 heavy (non-hydrogen) atoms. The quantitative estimate of drug-likeness (QED) is 0.0767. The van der Waals surface area contributed by atoms with E-state index in [4.69, 9.17) is 10.5 Å². The molecule has 0 heterocycles. The highest BCUT2D eigenvalue weighted by atomic mass is 16.5. The number of rotatable bonds is 22. The van der Waals surface area contributed by atoms with Crippen LogP contribution in [0.25, 0.3) is 0 Å². The number of aldehydes is 1. The Balaban J connectivity index is 5.20. The molecule has 0 fully saturated rings. The van der Waals surface area contributed by atoms with Crippen LogP contribution in [0.3, 0.4) is 0 Å². The van der Waals surface area contributed by atoms with E-state index in [-0.39, 0.29) is 12.0 Å². The smallest absolute Gasteiger partial charge is 0.127 e. The summed E-state index contributed by atoms with van der Waals surface area (Å²) in [6, 6.07) is 0.0723. The number of carbonyl (C=O) groups is 1. The van der Waals surface area contributed by atoms with E-state index in [1.54, 1.807) is 6.08 Å². The molecule has 0 aromatic carbocycles. The topological polar surface area (TPSA) is 96.6 Å². The minimum atomic E-state index is -0.659. The average Bonchev–Trinajstić information content (AvgIpc) is 2.85. The summed E-state index contributed by atoms with van der Waals surface area (Å²) >= 11 is 0. The standard InChI is InChI=1S/C28H53N3O3/c1-7-11-14-23(9-3)21-34-18-12-17-31-27(15-16-29)25(28(33)10-4)19-24(20-32)22(5)26(30-6)13-8-2/h15-16,20,23-24,26,28,30-31,33H,5,7-14,17-19,21,29H2,1-4,6H3/b16-15-,27-25-. The highest BCUT2D eigenvalue weighted by Gasteiger charge is 2.24. The number of allylic oxidation sites excluding steroid dienone is 1. The highest BCUT2D eigenvalue weighted by Crippen LogP contribution is 2.26. The van der Waals surface area contributed by atoms with Crippen molar-refractivity contribution in [1.29, 1.82) is 0 Å². The number of nitrogens with two attached hydrogens (primary N) is 1. The molecular weight excluding hydrogens is 426 g/mol. The van der Waals surface area contributed by atoms with Crippen LogP contribution in [-0.4, -0.2) is 50.3 Å². The molecule has 0 aliphatic carbocycles. The van der Waals surface area contributed by atoms with E-state index in [0.29, 0.717) is 31.9 Å². The summed E-state index contributed by atoms with van der Waals surface area (Å²) in [7, 11) is 1.89. The first-order valence-corrected chi connectivity index (χ1v) is 13.4. The van der Waals surface area contributed by atoms with Gasteiger partial charge in [0.25, 0.3) is 0 Å². The van der Waals surface area contributed by atoms with E-state index in [9.17, 15) is 9.90 Å². The van der Waals surface area contributed by atoms with E-state index < -0.39 is 6.10 Å². The summed E-state index contributed by atoms with van der Waals surface area (Å²) in [5.74, 6) is 0.262. The van der Waals surface area contributed by atoms with Gasteiger partial charge in [0.2, 0.25) is 0 Å². The SMILES string of the molecule is C=C(C(C=O)C/C(=C(\C=C/N)NCCCOCC(CC)CCCC)C(O)CC)C(CCC)NC. The van der Waals surface area contributed by atoms with Crippen LogP contribution in [0.15, 0.2) is 35.7 Å². The fourth-order valence-electron chi connectivity index (χ4n) is 4.16. The van der Waals surface area contributed by atoms with Crippen LogP contribution in [0.5, 0.6) is 0 Å². The van der Waals surface area contributed by atoms with Gasteiger partial charge in [0.1, 0.15) is 6.29 Å². The summed E-state index contributed by atoms with van der Waals surface area (Å²) in [5.41, 5.74) is 8.15. The lowest BCUT2D eigenvalue weighted by Gasteiger charge is -2.26. The molecule has 4 unspecified atom stereocenters. The van der Waals surface area contributed by atoms with Crippen molar-refractivity contribution in [3.63, 3.8) is 0 Å². The zero-order valence-corrected chi connectivity index (χ0v) is 22.6. The van der Waals surface area contributed by atoms with Crippen molar-refractivity contribution in [3.8, 4) is 0 Å². The van der Waals surface area contributed by atoms with Crippen LogP contribution in [0, 0.1) is 11.8 Å². The van der Waals surface area contributed by atoms with Gasteiger partial charge in [-0.05, 0) is 68.5 Å². The van der Waals surface area contributed by atoms with Crippen LogP contribution in [0.4, 0.5) is 0 Å². The molecule has 0 bridgehead atoms. The van der Waals surface area contributed by atoms with Crippen LogP contribution >= 0.6 is 0 Å². The van der Waals surface area contributed by atoms with Crippen LogP contribution in [-0.2, 0) is 9.53 Å². The molecule has 0 aliphatic rings. The minimum absolute atomic E-state index is 0.0723. The van der Waals surface area contributed by atoms with Crippen molar-refractivity contribution >= 4 is 6.29 Å². The zero-order valence-electron chi connectivity index (χ0n) is 22.6. The summed E-state index contributed by atoms with van der Waals surface area (Å²) in [6.45, 7) is 14.9. The van der Waals surface area contributed by atoms with Crippen LogP contribution < -0.4 is 16.4 Å². The number of likely N-dealkylation sites (N-methyl/N-ethyl adjacent to an activating group) is 1. The third-order valence-corrected chi connectivity index (χ3v) is 6.53. The van der Waals surface area contributed by atoms with Gasteiger partial charge >= 0.3 is 0 Å². The molecular formula is C28H53N3O3.